The van der Waals surface area contributed by atoms with E-state index >= 15 is 0 Å². The second kappa shape index (κ2) is 68.8. The lowest BCUT2D eigenvalue weighted by Crippen LogP contribution is -2.30. The van der Waals surface area contributed by atoms with Crippen molar-refractivity contribution in [3.63, 3.8) is 0 Å². The summed E-state index contributed by atoms with van der Waals surface area (Å²) in [4.78, 5) is 38.2. The quantitative estimate of drug-likeness (QED) is 0.0261. The van der Waals surface area contributed by atoms with E-state index in [2.05, 4.69) is 118 Å². The highest BCUT2D eigenvalue weighted by molar-refractivity contribution is 5.71. The molecule has 0 aromatic rings. The molecule has 0 rings (SSSR count). The van der Waals surface area contributed by atoms with Crippen LogP contribution in [-0.4, -0.2) is 37.2 Å². The summed E-state index contributed by atoms with van der Waals surface area (Å²) in [6.45, 7) is 6.41. The summed E-state index contributed by atoms with van der Waals surface area (Å²) in [6.07, 6.45) is 93.2. The molecule has 0 saturated heterocycles. The Morgan fingerprint density at radius 3 is 0.753 bits per heavy atom. The van der Waals surface area contributed by atoms with Crippen molar-refractivity contribution in [1.29, 1.82) is 0 Å². The van der Waals surface area contributed by atoms with Gasteiger partial charge >= 0.3 is 17.9 Å². The van der Waals surface area contributed by atoms with Crippen LogP contribution in [-0.2, 0) is 28.6 Å². The molecule has 0 aliphatic carbocycles. The third-order valence-corrected chi connectivity index (χ3v) is 15.1. The second-order valence-corrected chi connectivity index (χ2v) is 23.0. The van der Waals surface area contributed by atoms with Crippen molar-refractivity contribution in [2.24, 2.45) is 0 Å². The van der Waals surface area contributed by atoms with Crippen LogP contribution in [0.1, 0.15) is 342 Å². The van der Waals surface area contributed by atoms with Gasteiger partial charge in [-0.3, -0.25) is 14.4 Å². The fourth-order valence-electron chi connectivity index (χ4n) is 9.96. The molecule has 466 valence electrons. The van der Waals surface area contributed by atoms with Gasteiger partial charge < -0.3 is 14.2 Å². The third-order valence-electron chi connectivity index (χ3n) is 15.1. The molecule has 81 heavy (non-hydrogen) atoms. The van der Waals surface area contributed by atoms with Gasteiger partial charge in [-0.1, -0.05) is 323 Å². The topological polar surface area (TPSA) is 78.9 Å². The molecule has 0 aliphatic rings. The van der Waals surface area contributed by atoms with Gasteiger partial charge in [0, 0.05) is 19.3 Å². The number of allylic oxidation sites excluding steroid dienone is 16. The molecular weight excluding hydrogens is 997 g/mol. The standard InChI is InChI=1S/C75H130O6/c1-4-7-10-13-16-18-20-22-24-26-28-30-32-34-35-36-37-38-39-41-42-44-46-48-50-52-54-56-59-62-65-68-74(77)80-71-72(70-79-73(76)67-64-61-58-15-12-9-6-3)81-75(78)69-66-63-60-57-55-53-51-49-47-45-43-40-33-31-29-27-25-23-21-19-17-14-11-8-5-2/h7-8,10-11,16-19,22-25,28-31,72H,4-6,9,12-15,20-21,26-27,32-71H2,1-3H3/b10-7-,11-8-,18-16-,19-17-,24-22-,25-23-,30-28-,31-29-. The Morgan fingerprint density at radius 1 is 0.259 bits per heavy atom. The lowest BCUT2D eigenvalue weighted by Gasteiger charge is -2.18. The van der Waals surface area contributed by atoms with Gasteiger partial charge in [0.15, 0.2) is 6.10 Å². The lowest BCUT2D eigenvalue weighted by atomic mass is 10.0. The highest BCUT2D eigenvalue weighted by Gasteiger charge is 2.19. The van der Waals surface area contributed by atoms with Gasteiger partial charge in [0.25, 0.3) is 0 Å². The van der Waals surface area contributed by atoms with E-state index in [-0.39, 0.29) is 31.1 Å². The second-order valence-electron chi connectivity index (χ2n) is 23.0. The van der Waals surface area contributed by atoms with Gasteiger partial charge in [0.1, 0.15) is 13.2 Å². The first kappa shape index (κ1) is 77.3. The van der Waals surface area contributed by atoms with Crippen LogP contribution < -0.4 is 0 Å². The van der Waals surface area contributed by atoms with Crippen LogP contribution in [0.25, 0.3) is 0 Å². The van der Waals surface area contributed by atoms with Crippen LogP contribution in [0.3, 0.4) is 0 Å². The maximum absolute atomic E-state index is 12.9. The molecule has 0 aromatic heterocycles. The van der Waals surface area contributed by atoms with Crippen molar-refractivity contribution >= 4 is 17.9 Å². The summed E-state index contributed by atoms with van der Waals surface area (Å²) in [6, 6.07) is 0. The highest BCUT2D eigenvalue weighted by atomic mass is 16.6. The predicted molar refractivity (Wildman–Crippen MR) is 353 cm³/mol. The highest BCUT2D eigenvalue weighted by Crippen LogP contribution is 2.18. The minimum absolute atomic E-state index is 0.0735. The normalized spacial score (nSPS) is 12.7. The van der Waals surface area contributed by atoms with Gasteiger partial charge in [-0.25, -0.2) is 0 Å². The number of ether oxygens (including phenoxy) is 3. The Bertz CT molecular complexity index is 1580. The van der Waals surface area contributed by atoms with Gasteiger partial charge in [0.2, 0.25) is 0 Å². The number of carbonyl (C=O) groups excluding carboxylic acids is 3. The van der Waals surface area contributed by atoms with E-state index < -0.39 is 6.10 Å². The molecule has 6 heteroatoms. The zero-order valence-electron chi connectivity index (χ0n) is 53.5. The molecule has 0 bridgehead atoms. The van der Waals surface area contributed by atoms with Crippen LogP contribution >= 0.6 is 0 Å². The first-order chi connectivity index (χ1) is 40.0. The molecule has 0 amide bonds. The molecule has 0 radical (unpaired) electrons. The van der Waals surface area contributed by atoms with E-state index in [4.69, 9.17) is 14.2 Å². The molecule has 0 fully saturated rings. The van der Waals surface area contributed by atoms with Crippen molar-refractivity contribution in [3.8, 4) is 0 Å². The Hall–Kier alpha value is -3.67. The van der Waals surface area contributed by atoms with E-state index in [1.807, 2.05) is 0 Å². The number of rotatable bonds is 63. The van der Waals surface area contributed by atoms with Crippen molar-refractivity contribution < 1.29 is 28.6 Å². The predicted octanol–water partition coefficient (Wildman–Crippen LogP) is 24.0. The van der Waals surface area contributed by atoms with Crippen LogP contribution in [0, 0.1) is 0 Å². The van der Waals surface area contributed by atoms with Gasteiger partial charge in [-0.05, 0) is 96.3 Å². The van der Waals surface area contributed by atoms with E-state index in [1.165, 1.54) is 193 Å². The average Bonchev–Trinajstić information content (AvgIpc) is 3.46. The molecule has 6 nitrogen and oxygen atoms in total. The number of hydrogen-bond donors (Lipinski definition) is 0. The third kappa shape index (κ3) is 67.0. The van der Waals surface area contributed by atoms with Crippen molar-refractivity contribution in [3.05, 3.63) is 97.2 Å². The smallest absolute Gasteiger partial charge is 0.306 e. The first-order valence-corrected chi connectivity index (χ1v) is 34.7. The Labute approximate surface area is 502 Å². The summed E-state index contributed by atoms with van der Waals surface area (Å²) in [5.41, 5.74) is 0. The first-order valence-electron chi connectivity index (χ1n) is 34.7. The number of hydrogen-bond acceptors (Lipinski definition) is 6. The van der Waals surface area contributed by atoms with Gasteiger partial charge in [-0.2, -0.15) is 0 Å². The van der Waals surface area contributed by atoms with Gasteiger partial charge in [-0.15, -0.1) is 0 Å². The largest absolute Gasteiger partial charge is 0.462 e. The summed E-state index contributed by atoms with van der Waals surface area (Å²) in [5.74, 6) is -0.866. The van der Waals surface area contributed by atoms with E-state index in [0.717, 1.165) is 109 Å². The zero-order chi connectivity index (χ0) is 58.5. The van der Waals surface area contributed by atoms with E-state index in [1.54, 1.807) is 0 Å². The number of carbonyl (C=O) groups is 3. The lowest BCUT2D eigenvalue weighted by molar-refractivity contribution is -0.167. The van der Waals surface area contributed by atoms with Crippen molar-refractivity contribution in [1.82, 2.24) is 0 Å². The molecular formula is C75H130O6. The fourth-order valence-corrected chi connectivity index (χ4v) is 9.96. The van der Waals surface area contributed by atoms with Gasteiger partial charge in [0.05, 0.1) is 0 Å². The average molecular weight is 1130 g/mol. The minimum Gasteiger partial charge on any atom is -0.462 e. The van der Waals surface area contributed by atoms with Crippen LogP contribution in [0.15, 0.2) is 97.2 Å². The van der Waals surface area contributed by atoms with Crippen molar-refractivity contribution in [2.45, 2.75) is 348 Å². The van der Waals surface area contributed by atoms with Crippen LogP contribution in [0.4, 0.5) is 0 Å². The maximum Gasteiger partial charge on any atom is 0.306 e. The Kier molecular flexibility index (Phi) is 65.7. The van der Waals surface area contributed by atoms with Crippen LogP contribution in [0.2, 0.25) is 0 Å². The Balaban J connectivity index is 4.05. The molecule has 0 N–H and O–H groups in total. The molecule has 0 aliphatic heterocycles. The van der Waals surface area contributed by atoms with Crippen molar-refractivity contribution in [2.75, 3.05) is 13.2 Å². The van der Waals surface area contributed by atoms with E-state index in [9.17, 15) is 14.4 Å². The molecule has 0 heterocycles. The molecule has 0 saturated carbocycles. The molecule has 0 aromatic carbocycles. The molecule has 0 spiro atoms. The molecule has 1 unspecified atom stereocenters. The maximum atomic E-state index is 12.9. The Morgan fingerprint density at radius 2 is 0.481 bits per heavy atom. The summed E-state index contributed by atoms with van der Waals surface area (Å²) >= 11 is 0. The summed E-state index contributed by atoms with van der Waals surface area (Å²) in [7, 11) is 0. The fraction of sp³-hybridized carbons (Fsp3) is 0.747. The summed E-state index contributed by atoms with van der Waals surface area (Å²) in [5, 5.41) is 0. The zero-order valence-corrected chi connectivity index (χ0v) is 53.5. The van der Waals surface area contributed by atoms with Crippen LogP contribution in [0.5, 0.6) is 0 Å². The summed E-state index contributed by atoms with van der Waals surface area (Å²) < 4.78 is 16.9. The monoisotopic (exact) mass is 1130 g/mol. The number of esters is 3. The SMILES string of the molecule is CC/C=C\C/C=C\C/C=C\C/C=C\CCCCCCCCCCCCCCCCCCCCC(=O)OCC(COC(=O)CCCCCCCCC)OC(=O)CCCCCCCCCCCCCC/C=C\C/C=C\C/C=C\C/C=C\CC. The van der Waals surface area contributed by atoms with E-state index in [0.29, 0.717) is 19.3 Å². The molecule has 1 atom stereocenters. The minimum atomic E-state index is -0.775. The number of unbranched alkanes of at least 4 members (excludes halogenated alkanes) is 36.